The number of hydrazine groups is 1. The summed E-state index contributed by atoms with van der Waals surface area (Å²) < 4.78 is 21.5. The van der Waals surface area contributed by atoms with Gasteiger partial charge in [0.25, 0.3) is 0 Å². The lowest BCUT2D eigenvalue weighted by Crippen LogP contribution is -2.59. The minimum atomic E-state index is -1.84. The number of amidine groups is 1. The molecule has 0 spiro atoms. The van der Waals surface area contributed by atoms with E-state index >= 15 is 4.39 Å². The van der Waals surface area contributed by atoms with E-state index in [4.69, 9.17) is 27.3 Å². The van der Waals surface area contributed by atoms with Gasteiger partial charge >= 0.3 is 0 Å². The maximum absolute atomic E-state index is 15.8. The van der Waals surface area contributed by atoms with Crippen LogP contribution in [0.1, 0.15) is 24.5 Å². The number of anilines is 2. The van der Waals surface area contributed by atoms with E-state index in [1.807, 2.05) is 6.92 Å². The number of benzene rings is 2. The first-order valence-electron chi connectivity index (χ1n) is 11.3. The van der Waals surface area contributed by atoms with Gasteiger partial charge in [0.2, 0.25) is 17.7 Å². The Labute approximate surface area is 208 Å². The molecule has 0 aromatic heterocycles. The summed E-state index contributed by atoms with van der Waals surface area (Å²) in [5.74, 6) is -1.15. The summed E-state index contributed by atoms with van der Waals surface area (Å²) in [5, 5.41) is 14.1. The molecular weight excluding hydrogens is 467 g/mol. The van der Waals surface area contributed by atoms with Crippen molar-refractivity contribution in [2.24, 2.45) is 5.73 Å². The minimum Gasteiger partial charge on any atom is -0.441 e. The zero-order valence-corrected chi connectivity index (χ0v) is 20.1. The van der Waals surface area contributed by atoms with Gasteiger partial charge in [0.15, 0.2) is 6.17 Å². The number of ether oxygens (including phenoxy) is 1. The third-order valence-electron chi connectivity index (χ3n) is 5.51. The summed E-state index contributed by atoms with van der Waals surface area (Å²) in [6.07, 6.45) is -2.20. The van der Waals surface area contributed by atoms with E-state index in [0.717, 1.165) is 5.56 Å². The number of rotatable bonds is 10. The lowest BCUT2D eigenvalue weighted by Gasteiger charge is -2.35. The molecule has 0 fully saturated rings. The number of hydrogen-bond donors (Lipinski definition) is 7. The SMILES string of the molecule is CCNN(C)C1C(=O)NC(Oc2cc(N)cc(N)c2)=C(CC(=O)NCc2ccc(C(=N)N)cc2)C1F. The van der Waals surface area contributed by atoms with Gasteiger partial charge in [-0.1, -0.05) is 31.2 Å². The highest BCUT2D eigenvalue weighted by Crippen LogP contribution is 2.29. The second kappa shape index (κ2) is 11.5. The molecule has 2 unspecified atom stereocenters. The second-order valence-corrected chi connectivity index (χ2v) is 8.31. The van der Waals surface area contributed by atoms with E-state index in [-0.39, 0.29) is 36.0 Å². The van der Waals surface area contributed by atoms with Crippen molar-refractivity contribution in [1.29, 1.82) is 5.41 Å². The first-order chi connectivity index (χ1) is 17.1. The van der Waals surface area contributed by atoms with Gasteiger partial charge < -0.3 is 27.3 Å². The number of nitrogens with zero attached hydrogens (tertiary/aromatic N) is 1. The quantitative estimate of drug-likeness (QED) is 0.108. The molecule has 2 aromatic carbocycles. The molecular formula is C24H31FN8O3. The molecule has 11 nitrogen and oxygen atoms in total. The van der Waals surface area contributed by atoms with Crippen LogP contribution >= 0.6 is 0 Å². The Hall–Kier alpha value is -4.16. The maximum Gasteiger partial charge on any atom is 0.248 e. The van der Waals surface area contributed by atoms with Gasteiger partial charge in [0.05, 0.1) is 6.42 Å². The summed E-state index contributed by atoms with van der Waals surface area (Å²) in [5.41, 5.74) is 21.9. The molecule has 2 amide bonds. The summed E-state index contributed by atoms with van der Waals surface area (Å²) in [6, 6.07) is 10.1. The summed E-state index contributed by atoms with van der Waals surface area (Å²) in [6.45, 7) is 2.47. The number of carbonyl (C=O) groups excluding carboxylic acids is 2. The molecule has 0 radical (unpaired) electrons. The molecule has 2 aromatic rings. The van der Waals surface area contributed by atoms with Crippen LogP contribution in [-0.2, 0) is 16.1 Å². The molecule has 3 rings (SSSR count). The molecule has 0 aliphatic carbocycles. The second-order valence-electron chi connectivity index (χ2n) is 8.31. The molecule has 1 aliphatic rings. The van der Waals surface area contributed by atoms with Crippen LogP contribution in [0.3, 0.4) is 0 Å². The Morgan fingerprint density at radius 2 is 1.83 bits per heavy atom. The topological polar surface area (TPSA) is 185 Å². The van der Waals surface area contributed by atoms with Crippen LogP contribution in [0.2, 0.25) is 0 Å². The van der Waals surface area contributed by atoms with Gasteiger partial charge in [-0.25, -0.2) is 9.40 Å². The van der Waals surface area contributed by atoms with Crippen LogP contribution in [-0.4, -0.2) is 48.5 Å². The molecule has 192 valence electrons. The third kappa shape index (κ3) is 6.49. The van der Waals surface area contributed by atoms with Crippen LogP contribution in [0.15, 0.2) is 53.9 Å². The number of nitrogens with two attached hydrogens (primary N) is 3. The third-order valence-corrected chi connectivity index (χ3v) is 5.51. The predicted octanol–water partition coefficient (Wildman–Crippen LogP) is 0.725. The van der Waals surface area contributed by atoms with Crippen LogP contribution in [0, 0.1) is 5.41 Å². The van der Waals surface area contributed by atoms with Gasteiger partial charge in [-0.05, 0) is 11.6 Å². The highest BCUT2D eigenvalue weighted by molar-refractivity contribution is 5.94. The molecule has 0 saturated carbocycles. The molecule has 0 bridgehead atoms. The van der Waals surface area contributed by atoms with Crippen molar-refractivity contribution in [2.45, 2.75) is 32.1 Å². The van der Waals surface area contributed by atoms with Crippen LogP contribution in [0.5, 0.6) is 5.75 Å². The number of halogens is 1. The number of hydrogen-bond acceptors (Lipinski definition) is 8. The van der Waals surface area contributed by atoms with Crippen molar-refractivity contribution < 1.29 is 18.7 Å². The molecule has 12 heteroatoms. The smallest absolute Gasteiger partial charge is 0.248 e. The van der Waals surface area contributed by atoms with Crippen molar-refractivity contribution in [1.82, 2.24) is 21.1 Å². The van der Waals surface area contributed by atoms with Crippen molar-refractivity contribution in [3.8, 4) is 5.75 Å². The lowest BCUT2D eigenvalue weighted by atomic mass is 9.96. The van der Waals surface area contributed by atoms with Gasteiger partial charge in [0, 0.05) is 54.8 Å². The van der Waals surface area contributed by atoms with E-state index in [0.29, 0.717) is 23.5 Å². The van der Waals surface area contributed by atoms with Crippen LogP contribution in [0.4, 0.5) is 15.8 Å². The van der Waals surface area contributed by atoms with Gasteiger partial charge in [-0.3, -0.25) is 25.7 Å². The van der Waals surface area contributed by atoms with Crippen LogP contribution < -0.4 is 38.0 Å². The van der Waals surface area contributed by atoms with E-state index in [1.54, 1.807) is 31.3 Å². The van der Waals surface area contributed by atoms with E-state index in [2.05, 4.69) is 16.1 Å². The summed E-state index contributed by atoms with van der Waals surface area (Å²) in [7, 11) is 1.55. The molecule has 1 heterocycles. The maximum atomic E-state index is 15.8. The Bertz CT molecular complexity index is 1150. The average Bonchev–Trinajstić information content (AvgIpc) is 2.80. The summed E-state index contributed by atoms with van der Waals surface area (Å²) >= 11 is 0. The zero-order valence-electron chi connectivity index (χ0n) is 20.1. The molecule has 36 heavy (non-hydrogen) atoms. The summed E-state index contributed by atoms with van der Waals surface area (Å²) in [4.78, 5) is 25.5. The number of nitrogen functional groups attached to an aromatic ring is 3. The fourth-order valence-electron chi connectivity index (χ4n) is 3.76. The normalized spacial score (nSPS) is 17.6. The first-order valence-corrected chi connectivity index (χ1v) is 11.3. The molecule has 0 saturated heterocycles. The van der Waals surface area contributed by atoms with Crippen molar-refractivity contribution >= 4 is 29.0 Å². The molecule has 1 aliphatic heterocycles. The first kappa shape index (κ1) is 26.4. The van der Waals surface area contributed by atoms with Crippen molar-refractivity contribution in [3.05, 3.63) is 65.0 Å². The Morgan fingerprint density at radius 3 is 2.42 bits per heavy atom. The monoisotopic (exact) mass is 498 g/mol. The Morgan fingerprint density at radius 1 is 1.19 bits per heavy atom. The van der Waals surface area contributed by atoms with E-state index < -0.39 is 24.0 Å². The fourth-order valence-corrected chi connectivity index (χ4v) is 3.76. The Kier molecular flexibility index (Phi) is 8.46. The molecule has 10 N–H and O–H groups in total. The number of amides is 2. The van der Waals surface area contributed by atoms with Crippen molar-refractivity contribution in [3.63, 3.8) is 0 Å². The number of alkyl halides is 1. The van der Waals surface area contributed by atoms with E-state index in [9.17, 15) is 9.59 Å². The van der Waals surface area contributed by atoms with Crippen molar-refractivity contribution in [2.75, 3.05) is 25.1 Å². The van der Waals surface area contributed by atoms with Crippen LogP contribution in [0.25, 0.3) is 0 Å². The lowest BCUT2D eigenvalue weighted by molar-refractivity contribution is -0.131. The predicted molar refractivity (Wildman–Crippen MR) is 135 cm³/mol. The van der Waals surface area contributed by atoms with Gasteiger partial charge in [-0.15, -0.1) is 0 Å². The largest absolute Gasteiger partial charge is 0.441 e. The Balaban J connectivity index is 1.83. The highest BCUT2D eigenvalue weighted by atomic mass is 19.1. The molecule has 2 atom stereocenters. The zero-order chi connectivity index (χ0) is 26.4. The number of carbonyl (C=O) groups is 2. The standard InChI is InChI=1S/C24H31FN8O3/c1-3-31-33(2)21-20(25)18(11-19(34)30-12-13-4-6-14(7-5-13)22(28)29)24(32-23(21)35)36-17-9-15(26)8-16(27)10-17/h4-10,20-21,31H,3,11-12,26-27H2,1-2H3,(H3,28,29)(H,30,34)(H,32,35). The minimum absolute atomic E-state index is 0.0326. The number of nitrogens with one attached hydrogen (secondary N) is 4. The number of likely N-dealkylation sites (N-methyl/N-ethyl adjacent to an activating group) is 1. The highest BCUT2D eigenvalue weighted by Gasteiger charge is 2.42. The fraction of sp³-hybridized carbons (Fsp3) is 0.292. The average molecular weight is 499 g/mol. The van der Waals surface area contributed by atoms with Gasteiger partial charge in [0.1, 0.15) is 17.6 Å². The van der Waals surface area contributed by atoms with Gasteiger partial charge in [-0.2, -0.15) is 0 Å². The van der Waals surface area contributed by atoms with E-state index in [1.165, 1.54) is 23.2 Å².